The summed E-state index contributed by atoms with van der Waals surface area (Å²) in [5.41, 5.74) is 1.10. The maximum Gasteiger partial charge on any atom is 0.323 e. The predicted octanol–water partition coefficient (Wildman–Crippen LogP) is 0.569. The minimum Gasteiger partial charge on any atom is -0.480 e. The molecule has 0 aromatic heterocycles. The number of carbonyl (C=O) groups is 3. The van der Waals surface area contributed by atoms with Gasteiger partial charge >= 0.3 is 11.9 Å². The lowest BCUT2D eigenvalue weighted by molar-refractivity contribution is -0.147. The van der Waals surface area contributed by atoms with Gasteiger partial charge in [0.1, 0.15) is 13.1 Å². The Morgan fingerprint density at radius 2 is 1.62 bits per heavy atom. The molecular formula is C14H12N2O5. The third kappa shape index (κ3) is 5.57. The molecule has 1 amide bonds. The number of nitriles is 1. The molecule has 1 rings (SSSR count). The lowest BCUT2D eigenvalue weighted by Crippen LogP contribution is -2.38. The minimum absolute atomic E-state index is 0.469. The van der Waals surface area contributed by atoms with E-state index >= 15 is 0 Å². The summed E-state index contributed by atoms with van der Waals surface area (Å²) in [6.45, 7) is -1.38. The van der Waals surface area contributed by atoms with Crippen LogP contribution in [0.2, 0.25) is 0 Å². The number of nitrogens with zero attached hydrogens (tertiary/aromatic N) is 2. The van der Waals surface area contributed by atoms with Crippen molar-refractivity contribution in [3.05, 3.63) is 41.5 Å². The zero-order valence-corrected chi connectivity index (χ0v) is 10.9. The van der Waals surface area contributed by atoms with Crippen LogP contribution in [0.4, 0.5) is 0 Å². The molecule has 0 fully saturated rings. The van der Waals surface area contributed by atoms with Crippen LogP contribution in [0.3, 0.4) is 0 Å². The number of rotatable bonds is 6. The fourth-order valence-corrected chi connectivity index (χ4v) is 1.48. The van der Waals surface area contributed by atoms with Gasteiger partial charge in [-0.05, 0) is 23.8 Å². The van der Waals surface area contributed by atoms with Crippen LogP contribution in [-0.2, 0) is 14.4 Å². The highest BCUT2D eigenvalue weighted by Crippen LogP contribution is 2.06. The van der Waals surface area contributed by atoms with Crippen LogP contribution in [0.5, 0.6) is 0 Å². The number of hydrogen-bond donors (Lipinski definition) is 2. The lowest BCUT2D eigenvalue weighted by atomic mass is 10.1. The summed E-state index contributed by atoms with van der Waals surface area (Å²) in [5, 5.41) is 25.9. The summed E-state index contributed by atoms with van der Waals surface area (Å²) in [4.78, 5) is 33.7. The van der Waals surface area contributed by atoms with Crippen molar-refractivity contribution in [1.82, 2.24) is 4.90 Å². The first-order chi connectivity index (χ1) is 9.92. The number of carboxylic acid groups (broad SMARTS) is 2. The molecule has 0 heterocycles. The van der Waals surface area contributed by atoms with Crippen LogP contribution in [0.25, 0.3) is 6.08 Å². The molecular weight excluding hydrogens is 276 g/mol. The van der Waals surface area contributed by atoms with Crippen LogP contribution in [0.1, 0.15) is 11.1 Å². The fraction of sp³-hybridized carbons (Fsp3) is 0.143. The largest absolute Gasteiger partial charge is 0.480 e. The van der Waals surface area contributed by atoms with E-state index in [1.807, 2.05) is 6.07 Å². The van der Waals surface area contributed by atoms with E-state index in [1.54, 1.807) is 24.3 Å². The van der Waals surface area contributed by atoms with E-state index in [0.29, 0.717) is 16.0 Å². The van der Waals surface area contributed by atoms with E-state index in [-0.39, 0.29) is 0 Å². The molecule has 21 heavy (non-hydrogen) atoms. The third-order valence-corrected chi connectivity index (χ3v) is 2.42. The lowest BCUT2D eigenvalue weighted by Gasteiger charge is -2.16. The molecule has 0 radical (unpaired) electrons. The molecule has 0 bridgehead atoms. The van der Waals surface area contributed by atoms with Crippen LogP contribution in [0, 0.1) is 11.3 Å². The molecule has 0 atom stereocenters. The highest BCUT2D eigenvalue weighted by Gasteiger charge is 2.17. The van der Waals surface area contributed by atoms with E-state index < -0.39 is 30.9 Å². The monoisotopic (exact) mass is 288 g/mol. The Kier molecular flexibility index (Phi) is 5.65. The number of carbonyl (C=O) groups excluding carboxylic acids is 1. The van der Waals surface area contributed by atoms with E-state index in [1.165, 1.54) is 6.08 Å². The number of aliphatic carboxylic acids is 2. The van der Waals surface area contributed by atoms with E-state index in [2.05, 4.69) is 0 Å². The second kappa shape index (κ2) is 7.45. The maximum atomic E-state index is 11.8. The predicted molar refractivity (Wildman–Crippen MR) is 72.0 cm³/mol. The van der Waals surface area contributed by atoms with Crippen molar-refractivity contribution < 1.29 is 24.6 Å². The molecule has 7 heteroatoms. The molecule has 0 spiro atoms. The van der Waals surface area contributed by atoms with Crippen LogP contribution in [-0.4, -0.2) is 46.0 Å². The van der Waals surface area contributed by atoms with Crippen molar-refractivity contribution >= 4 is 23.9 Å². The van der Waals surface area contributed by atoms with Crippen LogP contribution >= 0.6 is 0 Å². The van der Waals surface area contributed by atoms with Crippen molar-refractivity contribution in [2.75, 3.05) is 13.1 Å². The van der Waals surface area contributed by atoms with Gasteiger partial charge in [-0.15, -0.1) is 0 Å². The second-order valence-electron chi connectivity index (χ2n) is 4.05. The molecule has 0 aliphatic heterocycles. The Labute approximate surface area is 120 Å². The Bertz CT molecular complexity index is 597. The molecule has 2 N–H and O–H groups in total. The molecule has 0 saturated heterocycles. The first-order valence-electron chi connectivity index (χ1n) is 5.83. The molecule has 1 aromatic rings. The van der Waals surface area contributed by atoms with Crippen molar-refractivity contribution in [1.29, 1.82) is 5.26 Å². The summed E-state index contributed by atoms with van der Waals surface area (Å²) in [6.07, 6.45) is 2.51. The quantitative estimate of drug-likeness (QED) is 0.738. The first-order valence-corrected chi connectivity index (χ1v) is 5.83. The highest BCUT2D eigenvalue weighted by atomic mass is 16.4. The Balaban J connectivity index is 2.79. The molecule has 1 aromatic carbocycles. The van der Waals surface area contributed by atoms with Crippen molar-refractivity contribution in [2.24, 2.45) is 0 Å². The maximum absolute atomic E-state index is 11.8. The van der Waals surface area contributed by atoms with Gasteiger partial charge in [-0.3, -0.25) is 14.4 Å². The summed E-state index contributed by atoms with van der Waals surface area (Å²) < 4.78 is 0. The summed E-state index contributed by atoms with van der Waals surface area (Å²) in [7, 11) is 0. The standard InChI is InChI=1S/C14H12N2O5/c15-7-11-3-1-10(2-4-11)5-6-12(17)16(8-13(18)19)9-14(20)21/h1-6H,8-9H2,(H,18,19)(H,20,21). The zero-order chi connectivity index (χ0) is 15.8. The Hall–Kier alpha value is -3.14. The van der Waals surface area contributed by atoms with Crippen LogP contribution in [0.15, 0.2) is 30.3 Å². The number of carboxylic acids is 2. The Morgan fingerprint density at radius 3 is 2.05 bits per heavy atom. The van der Waals surface area contributed by atoms with Crippen molar-refractivity contribution in [3.63, 3.8) is 0 Å². The van der Waals surface area contributed by atoms with Gasteiger partial charge in [-0.25, -0.2) is 0 Å². The van der Waals surface area contributed by atoms with Gasteiger partial charge in [-0.2, -0.15) is 5.26 Å². The van der Waals surface area contributed by atoms with E-state index in [4.69, 9.17) is 15.5 Å². The summed E-state index contributed by atoms with van der Waals surface area (Å²) >= 11 is 0. The van der Waals surface area contributed by atoms with E-state index in [0.717, 1.165) is 6.08 Å². The van der Waals surface area contributed by atoms with Crippen molar-refractivity contribution in [2.45, 2.75) is 0 Å². The molecule has 0 saturated carbocycles. The molecule has 7 nitrogen and oxygen atoms in total. The van der Waals surface area contributed by atoms with Crippen LogP contribution < -0.4 is 0 Å². The SMILES string of the molecule is N#Cc1ccc(C=CC(=O)N(CC(=O)O)CC(=O)O)cc1. The highest BCUT2D eigenvalue weighted by molar-refractivity contribution is 5.95. The summed E-state index contributed by atoms with van der Waals surface area (Å²) in [5.74, 6) is -3.31. The minimum atomic E-state index is -1.30. The topological polar surface area (TPSA) is 119 Å². The molecule has 0 aliphatic rings. The van der Waals surface area contributed by atoms with Gasteiger partial charge in [0.2, 0.25) is 5.91 Å². The molecule has 0 aliphatic carbocycles. The second-order valence-corrected chi connectivity index (χ2v) is 4.05. The van der Waals surface area contributed by atoms with Gasteiger partial charge in [0.15, 0.2) is 0 Å². The average molecular weight is 288 g/mol. The van der Waals surface area contributed by atoms with Gasteiger partial charge in [0.25, 0.3) is 0 Å². The number of amides is 1. The zero-order valence-electron chi connectivity index (χ0n) is 10.9. The Morgan fingerprint density at radius 1 is 1.10 bits per heavy atom. The third-order valence-electron chi connectivity index (χ3n) is 2.42. The number of benzene rings is 1. The van der Waals surface area contributed by atoms with Gasteiger partial charge in [0, 0.05) is 6.08 Å². The molecule has 0 unspecified atom stereocenters. The van der Waals surface area contributed by atoms with Gasteiger partial charge in [-0.1, -0.05) is 12.1 Å². The van der Waals surface area contributed by atoms with Gasteiger partial charge < -0.3 is 15.1 Å². The number of hydrogen-bond acceptors (Lipinski definition) is 4. The fourth-order valence-electron chi connectivity index (χ4n) is 1.48. The normalized spacial score (nSPS) is 10.0. The van der Waals surface area contributed by atoms with E-state index in [9.17, 15) is 14.4 Å². The molecule has 108 valence electrons. The van der Waals surface area contributed by atoms with Gasteiger partial charge in [0.05, 0.1) is 11.6 Å². The smallest absolute Gasteiger partial charge is 0.323 e. The average Bonchev–Trinajstić information content (AvgIpc) is 2.43. The van der Waals surface area contributed by atoms with Crippen molar-refractivity contribution in [3.8, 4) is 6.07 Å². The summed E-state index contributed by atoms with van der Waals surface area (Å²) in [6, 6.07) is 8.31. The first kappa shape index (κ1) is 15.9.